The number of carboxylic acids is 1. The normalized spacial score (nSPS) is 28.6. The molecule has 4 unspecified atom stereocenters. The van der Waals surface area contributed by atoms with Gasteiger partial charge in [-0.25, -0.2) is 0 Å². The summed E-state index contributed by atoms with van der Waals surface area (Å²) in [5.41, 5.74) is 0. The second-order valence-electron chi connectivity index (χ2n) is 7.17. The maximum atomic E-state index is 11.5. The zero-order valence-electron chi connectivity index (χ0n) is 13.9. The van der Waals surface area contributed by atoms with E-state index in [1.807, 2.05) is 0 Å². The lowest BCUT2D eigenvalue weighted by Gasteiger charge is -2.37. The van der Waals surface area contributed by atoms with Crippen molar-refractivity contribution >= 4 is 5.97 Å². The first-order valence-electron chi connectivity index (χ1n) is 8.72. The first-order chi connectivity index (χ1) is 9.49. The van der Waals surface area contributed by atoms with Gasteiger partial charge >= 0.3 is 5.97 Å². The lowest BCUT2D eigenvalue weighted by molar-refractivity contribution is -0.146. The van der Waals surface area contributed by atoms with E-state index in [2.05, 4.69) is 27.7 Å². The minimum Gasteiger partial charge on any atom is -0.481 e. The van der Waals surface area contributed by atoms with Gasteiger partial charge in [0.1, 0.15) is 0 Å². The van der Waals surface area contributed by atoms with Crippen LogP contribution in [0.3, 0.4) is 0 Å². The molecule has 0 bridgehead atoms. The molecule has 1 fully saturated rings. The van der Waals surface area contributed by atoms with E-state index in [0.717, 1.165) is 37.5 Å². The second kappa shape index (κ2) is 8.69. The van der Waals surface area contributed by atoms with Crippen LogP contribution in [0.25, 0.3) is 0 Å². The molecule has 1 rings (SSSR count). The Kier molecular flexibility index (Phi) is 7.61. The van der Waals surface area contributed by atoms with Crippen molar-refractivity contribution in [3.63, 3.8) is 0 Å². The Balaban J connectivity index is 2.65. The highest BCUT2D eigenvalue weighted by Gasteiger charge is 2.36. The topological polar surface area (TPSA) is 37.3 Å². The van der Waals surface area contributed by atoms with Crippen molar-refractivity contribution in [2.75, 3.05) is 0 Å². The summed E-state index contributed by atoms with van der Waals surface area (Å²) in [6, 6.07) is 0. The SMILES string of the molecule is CCCCC(CC)CC1CC(C(C)C)CCC1C(=O)O. The minimum absolute atomic E-state index is 0.0827. The summed E-state index contributed by atoms with van der Waals surface area (Å²) in [5, 5.41) is 9.50. The second-order valence-corrected chi connectivity index (χ2v) is 7.17. The molecule has 0 aromatic carbocycles. The minimum atomic E-state index is -0.553. The molecular formula is C18H34O2. The summed E-state index contributed by atoms with van der Waals surface area (Å²) >= 11 is 0. The van der Waals surface area contributed by atoms with Crippen LogP contribution in [0.2, 0.25) is 0 Å². The fraction of sp³-hybridized carbons (Fsp3) is 0.944. The van der Waals surface area contributed by atoms with E-state index in [0.29, 0.717) is 11.8 Å². The van der Waals surface area contributed by atoms with E-state index in [1.54, 1.807) is 0 Å². The Morgan fingerprint density at radius 1 is 1.25 bits per heavy atom. The molecule has 0 amide bonds. The fourth-order valence-electron chi connectivity index (χ4n) is 3.90. The van der Waals surface area contributed by atoms with Gasteiger partial charge in [-0.3, -0.25) is 4.79 Å². The Morgan fingerprint density at radius 2 is 1.95 bits per heavy atom. The van der Waals surface area contributed by atoms with Crippen LogP contribution in [-0.4, -0.2) is 11.1 Å². The molecule has 1 aliphatic rings. The Morgan fingerprint density at radius 3 is 2.45 bits per heavy atom. The Labute approximate surface area is 125 Å². The Bertz CT molecular complexity index is 285. The monoisotopic (exact) mass is 282 g/mol. The number of aliphatic carboxylic acids is 1. The van der Waals surface area contributed by atoms with Gasteiger partial charge < -0.3 is 5.11 Å². The average molecular weight is 282 g/mol. The molecule has 0 aromatic heterocycles. The van der Waals surface area contributed by atoms with Crippen LogP contribution in [0.15, 0.2) is 0 Å². The standard InChI is InChI=1S/C18H34O2/c1-5-7-8-14(6-2)11-16-12-15(13(3)4)9-10-17(16)18(19)20/h13-17H,5-12H2,1-4H3,(H,19,20). The van der Waals surface area contributed by atoms with Crippen molar-refractivity contribution in [2.45, 2.75) is 79.1 Å². The van der Waals surface area contributed by atoms with Gasteiger partial charge in [-0.05, 0) is 49.4 Å². The molecule has 0 heterocycles. The molecular weight excluding hydrogens is 248 g/mol. The smallest absolute Gasteiger partial charge is 0.306 e. The predicted octanol–water partition coefficient (Wildman–Crippen LogP) is 5.37. The molecule has 1 N–H and O–H groups in total. The zero-order chi connectivity index (χ0) is 15.1. The van der Waals surface area contributed by atoms with Crippen molar-refractivity contribution in [2.24, 2.45) is 29.6 Å². The molecule has 118 valence electrons. The van der Waals surface area contributed by atoms with Gasteiger partial charge in [-0.1, -0.05) is 53.4 Å². The summed E-state index contributed by atoms with van der Waals surface area (Å²) in [6.07, 6.45) is 9.30. The summed E-state index contributed by atoms with van der Waals surface area (Å²) in [6.45, 7) is 9.08. The molecule has 0 aromatic rings. The largest absolute Gasteiger partial charge is 0.481 e. The molecule has 1 aliphatic carbocycles. The van der Waals surface area contributed by atoms with Gasteiger partial charge in [0.05, 0.1) is 5.92 Å². The van der Waals surface area contributed by atoms with Crippen LogP contribution in [0.1, 0.15) is 79.1 Å². The molecule has 0 saturated heterocycles. The third kappa shape index (κ3) is 5.10. The molecule has 4 atom stereocenters. The summed E-state index contributed by atoms with van der Waals surface area (Å²) in [5.74, 6) is 1.94. The average Bonchev–Trinajstić information content (AvgIpc) is 2.42. The van der Waals surface area contributed by atoms with E-state index in [4.69, 9.17) is 0 Å². The van der Waals surface area contributed by atoms with Crippen LogP contribution in [0.4, 0.5) is 0 Å². The summed E-state index contributed by atoms with van der Waals surface area (Å²) in [4.78, 5) is 11.5. The quantitative estimate of drug-likeness (QED) is 0.650. The van der Waals surface area contributed by atoms with Gasteiger partial charge in [-0.15, -0.1) is 0 Å². The highest BCUT2D eigenvalue weighted by Crippen LogP contribution is 2.41. The number of carboxylic acid groups (broad SMARTS) is 1. The van der Waals surface area contributed by atoms with E-state index < -0.39 is 5.97 Å². The van der Waals surface area contributed by atoms with Crippen molar-refractivity contribution < 1.29 is 9.90 Å². The van der Waals surface area contributed by atoms with Crippen molar-refractivity contribution in [3.05, 3.63) is 0 Å². The van der Waals surface area contributed by atoms with E-state index in [-0.39, 0.29) is 5.92 Å². The van der Waals surface area contributed by atoms with Crippen molar-refractivity contribution in [3.8, 4) is 0 Å². The first-order valence-corrected chi connectivity index (χ1v) is 8.72. The summed E-state index contributed by atoms with van der Waals surface area (Å²) < 4.78 is 0. The maximum Gasteiger partial charge on any atom is 0.306 e. The molecule has 1 saturated carbocycles. The van der Waals surface area contributed by atoms with Gasteiger partial charge in [0.15, 0.2) is 0 Å². The third-order valence-electron chi connectivity index (χ3n) is 5.46. The number of rotatable bonds is 8. The molecule has 2 heteroatoms. The summed E-state index contributed by atoms with van der Waals surface area (Å²) in [7, 11) is 0. The van der Waals surface area contributed by atoms with Gasteiger partial charge in [0, 0.05) is 0 Å². The zero-order valence-corrected chi connectivity index (χ0v) is 13.9. The van der Waals surface area contributed by atoms with Gasteiger partial charge in [0.25, 0.3) is 0 Å². The fourth-order valence-corrected chi connectivity index (χ4v) is 3.90. The van der Waals surface area contributed by atoms with E-state index >= 15 is 0 Å². The molecule has 2 nitrogen and oxygen atoms in total. The molecule has 0 aliphatic heterocycles. The van der Waals surface area contributed by atoms with Crippen LogP contribution in [0.5, 0.6) is 0 Å². The molecule has 0 radical (unpaired) electrons. The van der Waals surface area contributed by atoms with Crippen LogP contribution in [-0.2, 0) is 4.79 Å². The highest BCUT2D eigenvalue weighted by molar-refractivity contribution is 5.70. The first kappa shape index (κ1) is 17.5. The lowest BCUT2D eigenvalue weighted by atomic mass is 9.67. The predicted molar refractivity (Wildman–Crippen MR) is 84.7 cm³/mol. The van der Waals surface area contributed by atoms with Crippen molar-refractivity contribution in [1.29, 1.82) is 0 Å². The number of hydrogen-bond acceptors (Lipinski definition) is 1. The van der Waals surface area contributed by atoms with Crippen molar-refractivity contribution in [1.82, 2.24) is 0 Å². The maximum absolute atomic E-state index is 11.5. The van der Waals surface area contributed by atoms with Crippen LogP contribution < -0.4 is 0 Å². The highest BCUT2D eigenvalue weighted by atomic mass is 16.4. The van der Waals surface area contributed by atoms with E-state index in [1.165, 1.54) is 25.7 Å². The number of carbonyl (C=O) groups is 1. The lowest BCUT2D eigenvalue weighted by Crippen LogP contribution is -2.33. The third-order valence-corrected chi connectivity index (χ3v) is 5.46. The van der Waals surface area contributed by atoms with Crippen LogP contribution in [0, 0.1) is 29.6 Å². The molecule has 20 heavy (non-hydrogen) atoms. The Hall–Kier alpha value is -0.530. The molecule has 0 spiro atoms. The van der Waals surface area contributed by atoms with Gasteiger partial charge in [-0.2, -0.15) is 0 Å². The van der Waals surface area contributed by atoms with Crippen LogP contribution >= 0.6 is 0 Å². The number of hydrogen-bond donors (Lipinski definition) is 1. The van der Waals surface area contributed by atoms with E-state index in [9.17, 15) is 9.90 Å². The van der Waals surface area contributed by atoms with Gasteiger partial charge in [0.2, 0.25) is 0 Å². The number of unbranched alkanes of at least 4 members (excludes halogenated alkanes) is 1.